The predicted molar refractivity (Wildman–Crippen MR) is 80.2 cm³/mol. The minimum absolute atomic E-state index is 0.103. The van der Waals surface area contributed by atoms with Gasteiger partial charge >= 0.3 is 0 Å². The summed E-state index contributed by atoms with van der Waals surface area (Å²) in [5, 5.41) is 12.0. The Bertz CT molecular complexity index is 172. The van der Waals surface area contributed by atoms with Crippen molar-refractivity contribution in [2.75, 3.05) is 26.7 Å². The molecule has 0 aliphatic rings. The number of hydrogen-bond acceptors (Lipinski definition) is 2. The Morgan fingerprint density at radius 3 is 1.72 bits per heavy atom. The van der Waals surface area contributed by atoms with Gasteiger partial charge in [0.05, 0.1) is 20.1 Å². The summed E-state index contributed by atoms with van der Waals surface area (Å²) in [5.41, 5.74) is 5.43. The number of quaternary nitrogens is 1. The van der Waals surface area contributed by atoms with Crippen molar-refractivity contribution in [2.45, 2.75) is 71.1 Å². The summed E-state index contributed by atoms with van der Waals surface area (Å²) >= 11 is 0. The molecule has 0 aromatic carbocycles. The first kappa shape index (κ1) is 17.9. The van der Waals surface area contributed by atoms with E-state index in [2.05, 4.69) is 6.92 Å². The normalized spacial score (nSPS) is 14.7. The highest BCUT2D eigenvalue weighted by Gasteiger charge is 2.08. The summed E-state index contributed by atoms with van der Waals surface area (Å²) in [5.74, 6) is 0. The molecule has 0 aliphatic heterocycles. The second kappa shape index (κ2) is 11.9. The summed E-state index contributed by atoms with van der Waals surface area (Å²) in [6, 6.07) is 0. The molecule has 1 atom stereocenters. The fourth-order valence-corrected chi connectivity index (χ4v) is 2.29. The maximum atomic E-state index is 12.0. The first-order chi connectivity index (χ1) is 8.62. The van der Waals surface area contributed by atoms with Gasteiger partial charge in [0.1, 0.15) is 0 Å². The monoisotopic (exact) mass is 258 g/mol. The van der Waals surface area contributed by atoms with Gasteiger partial charge in [-0.3, -0.25) is 0 Å². The molecule has 0 heterocycles. The zero-order chi connectivity index (χ0) is 13.7. The van der Waals surface area contributed by atoms with Crippen LogP contribution in [0.1, 0.15) is 71.1 Å². The molecule has 1 unspecified atom stereocenters. The number of nitrogens with zero attached hydrogens (tertiary/aromatic N) is 1. The van der Waals surface area contributed by atoms with Crippen LogP contribution in [0, 0.1) is 5.21 Å². The molecule has 18 heavy (non-hydrogen) atoms. The third kappa shape index (κ3) is 12.3. The van der Waals surface area contributed by atoms with Gasteiger partial charge in [-0.15, -0.1) is 0 Å². The van der Waals surface area contributed by atoms with Crippen LogP contribution in [0.15, 0.2) is 0 Å². The molecule has 0 amide bonds. The maximum Gasteiger partial charge on any atom is 0.0794 e. The predicted octanol–water partition coefficient (Wildman–Crippen LogP) is 3.81. The van der Waals surface area contributed by atoms with E-state index in [1.807, 2.05) is 0 Å². The summed E-state index contributed by atoms with van der Waals surface area (Å²) in [6.45, 7) is 4.32. The van der Waals surface area contributed by atoms with Crippen molar-refractivity contribution >= 4 is 0 Å². The van der Waals surface area contributed by atoms with Gasteiger partial charge in [0, 0.05) is 6.42 Å². The number of rotatable bonds is 13. The van der Waals surface area contributed by atoms with Gasteiger partial charge in [0.15, 0.2) is 0 Å². The Morgan fingerprint density at radius 1 is 0.778 bits per heavy atom. The first-order valence-electron chi connectivity index (χ1n) is 7.88. The molecule has 0 rings (SSSR count). The van der Waals surface area contributed by atoms with Crippen molar-refractivity contribution < 1.29 is 4.65 Å². The molecule has 3 nitrogen and oxygen atoms in total. The van der Waals surface area contributed by atoms with Gasteiger partial charge in [-0.05, 0) is 19.4 Å². The van der Waals surface area contributed by atoms with Crippen LogP contribution in [-0.2, 0) is 0 Å². The molecule has 110 valence electrons. The number of hydroxylamine groups is 3. The largest absolute Gasteiger partial charge is 0.633 e. The van der Waals surface area contributed by atoms with E-state index in [1.54, 1.807) is 7.05 Å². The highest BCUT2D eigenvalue weighted by molar-refractivity contribution is 4.48. The van der Waals surface area contributed by atoms with Gasteiger partial charge in [0.2, 0.25) is 0 Å². The highest BCUT2D eigenvalue weighted by Crippen LogP contribution is 2.11. The SMILES string of the molecule is CCCCCCCCCCC[N+](C)([O-])CCCN. The molecule has 3 heteroatoms. The third-order valence-corrected chi connectivity index (χ3v) is 3.57. The third-order valence-electron chi connectivity index (χ3n) is 3.57. The molecule has 0 saturated heterocycles. The van der Waals surface area contributed by atoms with Crippen LogP contribution in [0.3, 0.4) is 0 Å². The smallest absolute Gasteiger partial charge is 0.0794 e. The average molecular weight is 258 g/mol. The van der Waals surface area contributed by atoms with Crippen molar-refractivity contribution in [3.05, 3.63) is 5.21 Å². The van der Waals surface area contributed by atoms with Crippen LogP contribution in [-0.4, -0.2) is 31.3 Å². The molecular formula is C15H34N2O. The van der Waals surface area contributed by atoms with Gasteiger partial charge in [-0.2, -0.15) is 0 Å². The molecular weight excluding hydrogens is 224 g/mol. The van der Waals surface area contributed by atoms with E-state index in [4.69, 9.17) is 5.73 Å². The molecule has 0 spiro atoms. The van der Waals surface area contributed by atoms with Crippen LogP contribution >= 0.6 is 0 Å². The Hall–Kier alpha value is -0.120. The van der Waals surface area contributed by atoms with Crippen molar-refractivity contribution in [2.24, 2.45) is 5.73 Å². The van der Waals surface area contributed by atoms with Crippen LogP contribution in [0.25, 0.3) is 0 Å². The number of nitrogens with two attached hydrogens (primary N) is 1. The lowest BCUT2D eigenvalue weighted by molar-refractivity contribution is -0.861. The van der Waals surface area contributed by atoms with E-state index in [9.17, 15) is 5.21 Å². The van der Waals surface area contributed by atoms with E-state index in [0.717, 1.165) is 19.4 Å². The second-order valence-corrected chi connectivity index (χ2v) is 5.71. The standard InChI is InChI=1S/C15H34N2O/c1-3-4-5-6-7-8-9-10-11-14-17(2,18)15-12-13-16/h3-16H2,1-2H3. The van der Waals surface area contributed by atoms with Crippen molar-refractivity contribution in [3.8, 4) is 0 Å². The molecule has 0 aromatic rings. The van der Waals surface area contributed by atoms with E-state index in [1.165, 1.54) is 51.4 Å². The Balaban J connectivity index is 3.23. The quantitative estimate of drug-likeness (QED) is 0.310. The lowest BCUT2D eigenvalue weighted by atomic mass is 10.1. The highest BCUT2D eigenvalue weighted by atomic mass is 16.5. The molecule has 0 fully saturated rings. The van der Waals surface area contributed by atoms with Gasteiger partial charge in [-0.1, -0.05) is 51.9 Å². The number of unbranched alkanes of at least 4 members (excludes halogenated alkanes) is 8. The molecule has 0 aliphatic carbocycles. The van der Waals surface area contributed by atoms with Gasteiger partial charge in [-0.25, -0.2) is 0 Å². The van der Waals surface area contributed by atoms with Crippen LogP contribution in [0.2, 0.25) is 0 Å². The second-order valence-electron chi connectivity index (χ2n) is 5.71. The fourth-order valence-electron chi connectivity index (χ4n) is 2.29. The summed E-state index contributed by atoms with van der Waals surface area (Å²) < 4.78 is -0.103. The number of hydrogen-bond donors (Lipinski definition) is 1. The molecule has 0 saturated carbocycles. The Labute approximate surface area is 114 Å². The van der Waals surface area contributed by atoms with Crippen molar-refractivity contribution in [3.63, 3.8) is 0 Å². The summed E-state index contributed by atoms with van der Waals surface area (Å²) in [7, 11) is 1.78. The topological polar surface area (TPSA) is 49.1 Å². The maximum absolute atomic E-state index is 12.0. The molecule has 0 bridgehead atoms. The lowest BCUT2D eigenvalue weighted by Gasteiger charge is -2.38. The average Bonchev–Trinajstić information content (AvgIpc) is 2.34. The minimum Gasteiger partial charge on any atom is -0.633 e. The van der Waals surface area contributed by atoms with Crippen molar-refractivity contribution in [1.82, 2.24) is 0 Å². The van der Waals surface area contributed by atoms with E-state index >= 15 is 0 Å². The first-order valence-corrected chi connectivity index (χ1v) is 7.88. The van der Waals surface area contributed by atoms with Gasteiger partial charge < -0.3 is 15.6 Å². The fraction of sp³-hybridized carbons (Fsp3) is 1.00. The Morgan fingerprint density at radius 2 is 1.22 bits per heavy atom. The molecule has 2 N–H and O–H groups in total. The summed E-state index contributed by atoms with van der Waals surface area (Å²) in [6.07, 6.45) is 12.6. The lowest BCUT2D eigenvalue weighted by Crippen LogP contribution is -2.40. The molecule has 0 aromatic heterocycles. The van der Waals surface area contributed by atoms with E-state index < -0.39 is 0 Å². The van der Waals surface area contributed by atoms with E-state index in [-0.39, 0.29) is 4.65 Å². The van der Waals surface area contributed by atoms with Crippen LogP contribution < -0.4 is 5.73 Å². The van der Waals surface area contributed by atoms with Crippen LogP contribution in [0.4, 0.5) is 0 Å². The van der Waals surface area contributed by atoms with Crippen LogP contribution in [0.5, 0.6) is 0 Å². The van der Waals surface area contributed by atoms with Gasteiger partial charge in [0.25, 0.3) is 0 Å². The Kier molecular flexibility index (Phi) is 11.9. The molecule has 0 radical (unpaired) electrons. The summed E-state index contributed by atoms with van der Waals surface area (Å²) in [4.78, 5) is 0. The minimum atomic E-state index is -0.103. The zero-order valence-electron chi connectivity index (χ0n) is 12.6. The van der Waals surface area contributed by atoms with Crippen molar-refractivity contribution in [1.29, 1.82) is 0 Å². The van der Waals surface area contributed by atoms with E-state index in [0.29, 0.717) is 13.1 Å². The zero-order valence-corrected chi connectivity index (χ0v) is 12.6.